The molecule has 4 rings (SSSR count). The zero-order valence-electron chi connectivity index (χ0n) is 17.1. The number of hydrogen-bond donors (Lipinski definition) is 2. The maximum atomic E-state index is 12.5. The van der Waals surface area contributed by atoms with Gasteiger partial charge in [-0.15, -0.1) is 0 Å². The largest absolute Gasteiger partial charge is 0.479 e. The molecule has 0 amide bonds. The van der Waals surface area contributed by atoms with Crippen LogP contribution in [0.25, 0.3) is 22.2 Å². The van der Waals surface area contributed by atoms with Crippen molar-refractivity contribution >= 4 is 22.8 Å². The van der Waals surface area contributed by atoms with Crippen LogP contribution in [0.5, 0.6) is 0 Å². The molecule has 0 unspecified atom stereocenters. The summed E-state index contributed by atoms with van der Waals surface area (Å²) in [4.78, 5) is 22.3. The zero-order valence-corrected chi connectivity index (χ0v) is 17.1. The standard InChI is InChI=1S/C22H22F3N3O4/c23-22(24,25)6-1-2-16-13-26-18(15-3-4-17-14(12-15)5-11-32-17)19(27-16)28-9-7-21(31,8-10-28)20(29)30/h3-5,11-13,31H,1-2,6-10H2,(H,29,30). The normalized spacial score (nSPS) is 16.4. The molecule has 7 nitrogen and oxygen atoms in total. The van der Waals surface area contributed by atoms with Gasteiger partial charge in [0.2, 0.25) is 0 Å². The molecule has 2 aromatic heterocycles. The van der Waals surface area contributed by atoms with E-state index in [1.54, 1.807) is 12.3 Å². The third-order valence-electron chi connectivity index (χ3n) is 5.71. The van der Waals surface area contributed by atoms with Crippen LogP contribution in [-0.4, -0.2) is 51.0 Å². The number of aromatic nitrogens is 2. The number of benzene rings is 1. The van der Waals surface area contributed by atoms with Crippen molar-refractivity contribution in [3.05, 3.63) is 42.4 Å². The second-order valence-corrected chi connectivity index (χ2v) is 8.00. The van der Waals surface area contributed by atoms with Gasteiger partial charge in [0.25, 0.3) is 0 Å². The lowest BCUT2D eigenvalue weighted by Gasteiger charge is -2.36. The van der Waals surface area contributed by atoms with Gasteiger partial charge in [0, 0.05) is 49.5 Å². The lowest BCUT2D eigenvalue weighted by Crippen LogP contribution is -2.49. The quantitative estimate of drug-likeness (QED) is 0.582. The average Bonchev–Trinajstić information content (AvgIpc) is 3.21. The van der Waals surface area contributed by atoms with Gasteiger partial charge in [0.15, 0.2) is 11.4 Å². The highest BCUT2D eigenvalue weighted by Gasteiger charge is 2.40. The number of piperidine rings is 1. The second-order valence-electron chi connectivity index (χ2n) is 8.00. The number of fused-ring (bicyclic) bond motifs is 1. The molecule has 2 N–H and O–H groups in total. The highest BCUT2D eigenvalue weighted by molar-refractivity contribution is 5.85. The number of nitrogens with zero attached hydrogens (tertiary/aromatic N) is 3. The summed E-state index contributed by atoms with van der Waals surface area (Å²) in [6, 6.07) is 7.31. The van der Waals surface area contributed by atoms with Crippen LogP contribution in [0.4, 0.5) is 19.0 Å². The molecule has 32 heavy (non-hydrogen) atoms. The van der Waals surface area contributed by atoms with Crippen LogP contribution in [0.2, 0.25) is 0 Å². The molecule has 0 atom stereocenters. The van der Waals surface area contributed by atoms with E-state index in [0.717, 1.165) is 10.9 Å². The van der Waals surface area contributed by atoms with Gasteiger partial charge in [0.1, 0.15) is 11.3 Å². The molecule has 170 valence electrons. The predicted octanol–water partition coefficient (Wildman–Crippen LogP) is 4.19. The summed E-state index contributed by atoms with van der Waals surface area (Å²) in [5, 5.41) is 20.4. The number of rotatable bonds is 6. The van der Waals surface area contributed by atoms with Gasteiger partial charge in [-0.2, -0.15) is 13.2 Å². The van der Waals surface area contributed by atoms with Gasteiger partial charge in [-0.1, -0.05) is 0 Å². The van der Waals surface area contributed by atoms with Gasteiger partial charge < -0.3 is 19.5 Å². The summed E-state index contributed by atoms with van der Waals surface area (Å²) in [6.07, 6.45) is -2.06. The Morgan fingerprint density at radius 2 is 1.97 bits per heavy atom. The Bertz CT molecular complexity index is 1120. The van der Waals surface area contributed by atoms with Crippen molar-refractivity contribution in [3.8, 4) is 11.3 Å². The van der Waals surface area contributed by atoms with E-state index in [1.165, 1.54) is 6.20 Å². The molecule has 1 saturated heterocycles. The van der Waals surface area contributed by atoms with Gasteiger partial charge >= 0.3 is 12.1 Å². The SMILES string of the molecule is O=C(O)C1(O)CCN(c2nc(CCCC(F)(F)F)cnc2-c2ccc3occc3c2)CC1. The smallest absolute Gasteiger partial charge is 0.389 e. The van der Waals surface area contributed by atoms with Crippen molar-refractivity contribution in [2.24, 2.45) is 0 Å². The fourth-order valence-corrected chi connectivity index (χ4v) is 3.85. The zero-order chi connectivity index (χ0) is 22.9. The van der Waals surface area contributed by atoms with E-state index in [1.807, 2.05) is 23.1 Å². The lowest BCUT2D eigenvalue weighted by atomic mass is 9.91. The Morgan fingerprint density at radius 3 is 2.66 bits per heavy atom. The monoisotopic (exact) mass is 449 g/mol. The Kier molecular flexibility index (Phi) is 5.81. The van der Waals surface area contributed by atoms with Crippen LogP contribution in [0.15, 0.2) is 41.1 Å². The Balaban J connectivity index is 1.65. The van der Waals surface area contributed by atoms with E-state index in [2.05, 4.69) is 9.97 Å². The molecule has 3 heterocycles. The number of carboxylic acids is 1. The third-order valence-corrected chi connectivity index (χ3v) is 5.71. The second kappa shape index (κ2) is 8.42. The number of alkyl halides is 3. The van der Waals surface area contributed by atoms with E-state index in [4.69, 9.17) is 4.42 Å². The molecular formula is C22H22F3N3O4. The summed E-state index contributed by atoms with van der Waals surface area (Å²) in [5.74, 6) is -0.806. The highest BCUT2D eigenvalue weighted by atomic mass is 19.4. The fraction of sp³-hybridized carbons (Fsp3) is 0.409. The number of furan rings is 1. The van der Waals surface area contributed by atoms with Crippen LogP contribution in [-0.2, 0) is 11.2 Å². The first-order valence-corrected chi connectivity index (χ1v) is 10.3. The molecule has 0 saturated carbocycles. The first kappa shape index (κ1) is 22.1. The fourth-order valence-electron chi connectivity index (χ4n) is 3.85. The molecular weight excluding hydrogens is 427 g/mol. The number of halogens is 3. The van der Waals surface area contributed by atoms with E-state index in [9.17, 15) is 28.2 Å². The van der Waals surface area contributed by atoms with E-state index < -0.39 is 24.2 Å². The van der Waals surface area contributed by atoms with Crippen LogP contribution in [0.1, 0.15) is 31.4 Å². The number of hydrogen-bond acceptors (Lipinski definition) is 6. The summed E-state index contributed by atoms with van der Waals surface area (Å²) in [6.45, 7) is 0.453. The van der Waals surface area contributed by atoms with Gasteiger partial charge in [-0.3, -0.25) is 4.98 Å². The number of carboxylic acid groups (broad SMARTS) is 1. The van der Waals surface area contributed by atoms with Gasteiger partial charge in [-0.05, 0) is 37.1 Å². The highest BCUT2D eigenvalue weighted by Crippen LogP contribution is 2.34. The van der Waals surface area contributed by atoms with Crippen molar-refractivity contribution < 1.29 is 32.6 Å². The minimum Gasteiger partial charge on any atom is -0.479 e. The lowest BCUT2D eigenvalue weighted by molar-refractivity contribution is -0.160. The number of aryl methyl sites for hydroxylation is 1. The Labute approximate surface area is 181 Å². The summed E-state index contributed by atoms with van der Waals surface area (Å²) < 4.78 is 43.0. The topological polar surface area (TPSA) is 99.7 Å². The molecule has 3 aromatic rings. The van der Waals surface area contributed by atoms with Crippen molar-refractivity contribution in [2.45, 2.75) is 43.9 Å². The molecule has 0 spiro atoms. The predicted molar refractivity (Wildman–Crippen MR) is 110 cm³/mol. The molecule has 1 aliphatic rings. The number of aliphatic hydroxyl groups is 1. The van der Waals surface area contributed by atoms with Gasteiger partial charge in [0.05, 0.1) is 12.0 Å². The average molecular weight is 449 g/mol. The van der Waals surface area contributed by atoms with Crippen LogP contribution < -0.4 is 4.90 Å². The summed E-state index contributed by atoms with van der Waals surface area (Å²) in [5.41, 5.74) is 0.619. The van der Waals surface area contributed by atoms with Crippen molar-refractivity contribution in [2.75, 3.05) is 18.0 Å². The maximum absolute atomic E-state index is 12.5. The molecule has 1 aromatic carbocycles. The van der Waals surface area contributed by atoms with E-state index in [0.29, 0.717) is 22.8 Å². The Morgan fingerprint density at radius 1 is 1.22 bits per heavy atom. The van der Waals surface area contributed by atoms with Crippen LogP contribution >= 0.6 is 0 Å². The van der Waals surface area contributed by atoms with Gasteiger partial charge in [-0.25, -0.2) is 9.78 Å². The summed E-state index contributed by atoms with van der Waals surface area (Å²) >= 11 is 0. The molecule has 1 fully saturated rings. The van der Waals surface area contributed by atoms with E-state index >= 15 is 0 Å². The Hall–Kier alpha value is -3.14. The van der Waals surface area contributed by atoms with Crippen molar-refractivity contribution in [3.63, 3.8) is 0 Å². The molecule has 0 aliphatic carbocycles. The minimum atomic E-state index is -4.23. The third kappa shape index (κ3) is 4.69. The van der Waals surface area contributed by atoms with Crippen LogP contribution in [0, 0.1) is 0 Å². The first-order valence-electron chi connectivity index (χ1n) is 10.3. The number of aliphatic carboxylic acids is 1. The molecule has 0 bridgehead atoms. The first-order chi connectivity index (χ1) is 15.1. The maximum Gasteiger partial charge on any atom is 0.389 e. The number of anilines is 1. The number of carbonyl (C=O) groups is 1. The minimum absolute atomic E-state index is 0.00250. The summed E-state index contributed by atoms with van der Waals surface area (Å²) in [7, 11) is 0. The van der Waals surface area contributed by atoms with Crippen LogP contribution in [0.3, 0.4) is 0 Å². The molecule has 1 aliphatic heterocycles. The van der Waals surface area contributed by atoms with Crippen molar-refractivity contribution in [1.29, 1.82) is 0 Å². The van der Waals surface area contributed by atoms with E-state index in [-0.39, 0.29) is 38.8 Å². The molecule has 10 heteroatoms. The van der Waals surface area contributed by atoms with Crippen molar-refractivity contribution in [1.82, 2.24) is 9.97 Å². The molecule has 0 radical (unpaired) electrons.